The van der Waals surface area contributed by atoms with Crippen molar-refractivity contribution in [2.75, 3.05) is 5.32 Å². The highest BCUT2D eigenvalue weighted by molar-refractivity contribution is 7.80. The zero-order valence-electron chi connectivity index (χ0n) is 10.7. The summed E-state index contributed by atoms with van der Waals surface area (Å²) < 4.78 is 0. The first-order valence-corrected chi connectivity index (χ1v) is 6.64. The quantitative estimate of drug-likeness (QED) is 0.719. The summed E-state index contributed by atoms with van der Waals surface area (Å²) in [7, 11) is 0. The number of aromatic nitrogens is 1. The van der Waals surface area contributed by atoms with E-state index in [4.69, 9.17) is 18.0 Å². The summed E-state index contributed by atoms with van der Waals surface area (Å²) in [5.41, 5.74) is 8.31. The van der Waals surface area contributed by atoms with Crippen LogP contribution in [0.1, 0.15) is 5.56 Å². The molecule has 1 heterocycles. The molecule has 0 fully saturated rings. The third-order valence-electron chi connectivity index (χ3n) is 3.12. The highest BCUT2D eigenvalue weighted by atomic mass is 32.1. The van der Waals surface area contributed by atoms with Gasteiger partial charge in [-0.15, -0.1) is 0 Å². The highest BCUT2D eigenvalue weighted by Crippen LogP contribution is 2.23. The summed E-state index contributed by atoms with van der Waals surface area (Å²) in [4.78, 5) is 4.47. The number of hydrogen-bond acceptors (Lipinski definition) is 3. The highest BCUT2D eigenvalue weighted by Gasteiger charge is 2.05. The fourth-order valence-corrected chi connectivity index (χ4v) is 2.31. The first-order valence-electron chi connectivity index (χ1n) is 6.24. The summed E-state index contributed by atoms with van der Waals surface area (Å²) in [6.07, 6.45) is 3.41. The van der Waals surface area contributed by atoms with Crippen LogP contribution in [0.15, 0.2) is 60.9 Å². The average molecular weight is 279 g/mol. The van der Waals surface area contributed by atoms with Gasteiger partial charge in [-0.2, -0.15) is 0 Å². The van der Waals surface area contributed by atoms with Gasteiger partial charge in [-0.3, -0.25) is 4.98 Å². The van der Waals surface area contributed by atoms with Crippen molar-refractivity contribution in [2.45, 2.75) is 0 Å². The van der Waals surface area contributed by atoms with Gasteiger partial charge in [0, 0.05) is 17.4 Å². The maximum Gasteiger partial charge on any atom is 0.106 e. The van der Waals surface area contributed by atoms with Gasteiger partial charge in [0.2, 0.25) is 0 Å². The van der Waals surface area contributed by atoms with E-state index < -0.39 is 0 Å². The number of rotatable bonds is 3. The molecule has 1 aromatic heterocycles. The van der Waals surface area contributed by atoms with Crippen molar-refractivity contribution in [1.82, 2.24) is 4.98 Å². The van der Waals surface area contributed by atoms with E-state index in [1.165, 1.54) is 10.8 Å². The number of nitrogens with one attached hydrogen (secondary N) is 1. The van der Waals surface area contributed by atoms with Gasteiger partial charge in [0.05, 0.1) is 11.9 Å². The van der Waals surface area contributed by atoms with Gasteiger partial charge in [0.15, 0.2) is 0 Å². The van der Waals surface area contributed by atoms with Crippen molar-refractivity contribution in [2.24, 2.45) is 5.73 Å². The molecule has 0 aliphatic carbocycles. The third kappa shape index (κ3) is 2.46. The van der Waals surface area contributed by atoms with E-state index in [0.29, 0.717) is 4.99 Å². The minimum Gasteiger partial charge on any atom is -0.389 e. The standard InChI is InChI=1S/C16H13N3S/c17-16(20)14-7-8-18-10-15(14)19-13-6-5-11-3-1-2-4-12(11)9-13/h1-10,19H,(H2,17,20). The molecule has 0 bridgehead atoms. The molecule has 3 nitrogen and oxygen atoms in total. The Balaban J connectivity index is 1.99. The number of nitrogens with zero attached hydrogens (tertiary/aromatic N) is 1. The van der Waals surface area contributed by atoms with Crippen LogP contribution in [-0.2, 0) is 0 Å². The molecule has 0 radical (unpaired) electrons. The fourth-order valence-electron chi connectivity index (χ4n) is 2.13. The lowest BCUT2D eigenvalue weighted by atomic mass is 10.1. The van der Waals surface area contributed by atoms with Crippen LogP contribution in [0, 0.1) is 0 Å². The van der Waals surface area contributed by atoms with E-state index in [1.807, 2.05) is 24.3 Å². The van der Waals surface area contributed by atoms with Gasteiger partial charge < -0.3 is 11.1 Å². The molecular weight excluding hydrogens is 266 g/mol. The third-order valence-corrected chi connectivity index (χ3v) is 3.33. The van der Waals surface area contributed by atoms with Crippen molar-refractivity contribution >= 4 is 39.4 Å². The lowest BCUT2D eigenvalue weighted by Gasteiger charge is -2.11. The zero-order valence-corrected chi connectivity index (χ0v) is 11.5. The number of thiocarbonyl (C=S) groups is 1. The summed E-state index contributed by atoms with van der Waals surface area (Å²) in [5.74, 6) is 0. The second-order valence-corrected chi connectivity index (χ2v) is 4.91. The van der Waals surface area contributed by atoms with Gasteiger partial charge in [-0.25, -0.2) is 0 Å². The molecule has 0 aliphatic heterocycles. The van der Waals surface area contributed by atoms with Crippen LogP contribution in [0.4, 0.5) is 11.4 Å². The lowest BCUT2D eigenvalue weighted by Crippen LogP contribution is -2.12. The molecule has 4 heteroatoms. The van der Waals surface area contributed by atoms with Crippen LogP contribution in [0.2, 0.25) is 0 Å². The van der Waals surface area contributed by atoms with Crippen LogP contribution in [0.25, 0.3) is 10.8 Å². The predicted octanol–water partition coefficient (Wildman–Crippen LogP) is 3.61. The molecule has 0 saturated heterocycles. The number of anilines is 2. The second kappa shape index (κ2) is 5.27. The van der Waals surface area contributed by atoms with Crippen molar-refractivity contribution in [3.05, 3.63) is 66.5 Å². The monoisotopic (exact) mass is 279 g/mol. The Bertz CT molecular complexity index is 783. The minimum atomic E-state index is 0.357. The molecule has 3 rings (SSSR count). The Kier molecular flexibility index (Phi) is 3.31. The van der Waals surface area contributed by atoms with Gasteiger partial charge in [-0.05, 0) is 29.0 Å². The van der Waals surface area contributed by atoms with E-state index >= 15 is 0 Å². The Labute approximate surface area is 122 Å². The van der Waals surface area contributed by atoms with E-state index in [1.54, 1.807) is 12.4 Å². The normalized spacial score (nSPS) is 10.4. The number of fused-ring (bicyclic) bond motifs is 1. The number of pyridine rings is 1. The van der Waals surface area contributed by atoms with Gasteiger partial charge >= 0.3 is 0 Å². The predicted molar refractivity (Wildman–Crippen MR) is 87.4 cm³/mol. The molecule has 0 spiro atoms. The van der Waals surface area contributed by atoms with Gasteiger partial charge in [0.1, 0.15) is 4.99 Å². The SMILES string of the molecule is NC(=S)c1ccncc1Nc1ccc2ccccc2c1. The van der Waals surface area contributed by atoms with Crippen molar-refractivity contribution in [3.63, 3.8) is 0 Å². The Morgan fingerprint density at radius 3 is 2.65 bits per heavy atom. The molecule has 0 unspecified atom stereocenters. The van der Waals surface area contributed by atoms with Gasteiger partial charge in [-0.1, -0.05) is 42.5 Å². The number of hydrogen-bond donors (Lipinski definition) is 2. The summed E-state index contributed by atoms with van der Waals surface area (Å²) in [6, 6.07) is 16.2. The summed E-state index contributed by atoms with van der Waals surface area (Å²) in [6.45, 7) is 0. The minimum absolute atomic E-state index is 0.357. The van der Waals surface area contributed by atoms with E-state index in [0.717, 1.165) is 16.9 Å². The first-order chi connectivity index (χ1) is 9.74. The topological polar surface area (TPSA) is 50.9 Å². The first kappa shape index (κ1) is 12.6. The fraction of sp³-hybridized carbons (Fsp3) is 0. The zero-order chi connectivity index (χ0) is 13.9. The molecule has 3 aromatic rings. The molecule has 3 N–H and O–H groups in total. The Morgan fingerprint density at radius 1 is 1.05 bits per heavy atom. The van der Waals surface area contributed by atoms with Crippen LogP contribution in [0.3, 0.4) is 0 Å². The number of benzene rings is 2. The molecule has 0 atom stereocenters. The average Bonchev–Trinajstić information content (AvgIpc) is 2.47. The van der Waals surface area contributed by atoms with Crippen LogP contribution >= 0.6 is 12.2 Å². The van der Waals surface area contributed by atoms with Crippen LogP contribution in [-0.4, -0.2) is 9.97 Å². The smallest absolute Gasteiger partial charge is 0.106 e. The maximum absolute atomic E-state index is 5.72. The number of nitrogens with two attached hydrogens (primary N) is 1. The van der Waals surface area contributed by atoms with E-state index in [9.17, 15) is 0 Å². The van der Waals surface area contributed by atoms with Crippen molar-refractivity contribution in [3.8, 4) is 0 Å². The molecule has 20 heavy (non-hydrogen) atoms. The second-order valence-electron chi connectivity index (χ2n) is 4.47. The van der Waals surface area contributed by atoms with E-state index in [2.05, 4.69) is 34.6 Å². The molecule has 2 aromatic carbocycles. The lowest BCUT2D eigenvalue weighted by molar-refractivity contribution is 1.31. The summed E-state index contributed by atoms with van der Waals surface area (Å²) in [5, 5.41) is 5.70. The van der Waals surface area contributed by atoms with Crippen molar-refractivity contribution in [1.29, 1.82) is 0 Å². The molecular formula is C16H13N3S. The Morgan fingerprint density at radius 2 is 1.85 bits per heavy atom. The van der Waals surface area contributed by atoms with Gasteiger partial charge in [0.25, 0.3) is 0 Å². The molecule has 0 saturated carbocycles. The summed E-state index contributed by atoms with van der Waals surface area (Å²) >= 11 is 5.05. The van der Waals surface area contributed by atoms with Crippen LogP contribution < -0.4 is 11.1 Å². The van der Waals surface area contributed by atoms with Crippen LogP contribution in [0.5, 0.6) is 0 Å². The van der Waals surface area contributed by atoms with E-state index in [-0.39, 0.29) is 0 Å². The molecule has 0 amide bonds. The Hall–Kier alpha value is -2.46. The molecule has 0 aliphatic rings. The largest absolute Gasteiger partial charge is 0.389 e. The van der Waals surface area contributed by atoms with Crippen molar-refractivity contribution < 1.29 is 0 Å². The maximum atomic E-state index is 5.72. The molecule has 98 valence electrons.